The van der Waals surface area contributed by atoms with Crippen LogP contribution in [0.4, 0.5) is 0 Å². The molecule has 2 N–H and O–H groups in total. The molecule has 0 atom stereocenters. The van der Waals surface area contributed by atoms with Crippen LogP contribution in [0.2, 0.25) is 0 Å². The number of aromatic nitrogens is 2. The first kappa shape index (κ1) is 14.6. The number of hydrogen-bond donors (Lipinski definition) is 2. The molecule has 0 bridgehead atoms. The summed E-state index contributed by atoms with van der Waals surface area (Å²) in [5.74, 6) is 1.55. The van der Waals surface area contributed by atoms with Crippen LogP contribution in [0.1, 0.15) is 35.9 Å². The maximum absolute atomic E-state index is 12.1. The first-order chi connectivity index (χ1) is 10.5. The van der Waals surface area contributed by atoms with Gasteiger partial charge in [-0.1, -0.05) is 32.0 Å². The van der Waals surface area contributed by atoms with Crippen molar-refractivity contribution in [3.63, 3.8) is 0 Å². The molecular weight excluding hydrogens is 278 g/mol. The summed E-state index contributed by atoms with van der Waals surface area (Å²) in [6.45, 7) is 5.48. The lowest BCUT2D eigenvalue weighted by molar-refractivity contribution is 0.0940. The van der Waals surface area contributed by atoms with Gasteiger partial charge in [0.15, 0.2) is 0 Å². The van der Waals surface area contributed by atoms with E-state index in [0.29, 0.717) is 25.3 Å². The predicted octanol–water partition coefficient (Wildman–Crippen LogP) is 2.34. The molecule has 1 aromatic heterocycles. The van der Waals surface area contributed by atoms with Crippen molar-refractivity contribution in [2.75, 3.05) is 13.2 Å². The molecular formula is C17H21N3O2. The van der Waals surface area contributed by atoms with Gasteiger partial charge in [-0.05, 0) is 24.0 Å². The van der Waals surface area contributed by atoms with Crippen molar-refractivity contribution in [2.24, 2.45) is 5.41 Å². The average Bonchev–Trinajstić information content (AvgIpc) is 2.84. The van der Waals surface area contributed by atoms with Crippen molar-refractivity contribution in [1.82, 2.24) is 15.3 Å². The van der Waals surface area contributed by atoms with Crippen LogP contribution in [0.3, 0.4) is 0 Å². The highest BCUT2D eigenvalue weighted by molar-refractivity contribution is 5.93. The normalized spacial score (nSPS) is 16.5. The van der Waals surface area contributed by atoms with Gasteiger partial charge in [0.05, 0.1) is 6.61 Å². The molecule has 1 aliphatic rings. The lowest BCUT2D eigenvalue weighted by Crippen LogP contribution is -2.32. The van der Waals surface area contributed by atoms with Crippen molar-refractivity contribution < 1.29 is 9.53 Å². The summed E-state index contributed by atoms with van der Waals surface area (Å²) in [6.07, 6.45) is 1.46. The molecule has 0 unspecified atom stereocenters. The number of benzene rings is 1. The minimum atomic E-state index is -0.0907. The number of hydrogen-bond acceptors (Lipinski definition) is 3. The van der Waals surface area contributed by atoms with E-state index in [-0.39, 0.29) is 11.3 Å². The van der Waals surface area contributed by atoms with Gasteiger partial charge in [0.1, 0.15) is 17.3 Å². The Bertz CT molecular complexity index is 662. The number of carbonyl (C=O) groups is 1. The van der Waals surface area contributed by atoms with Gasteiger partial charge in [-0.2, -0.15) is 0 Å². The van der Waals surface area contributed by atoms with Crippen molar-refractivity contribution in [3.8, 4) is 5.75 Å². The largest absolute Gasteiger partial charge is 0.493 e. The van der Waals surface area contributed by atoms with E-state index in [1.165, 1.54) is 0 Å². The van der Waals surface area contributed by atoms with Gasteiger partial charge in [0, 0.05) is 18.7 Å². The van der Waals surface area contributed by atoms with Gasteiger partial charge in [0.25, 0.3) is 5.91 Å². The van der Waals surface area contributed by atoms with Crippen molar-refractivity contribution >= 4 is 5.91 Å². The smallest absolute Gasteiger partial charge is 0.271 e. The fourth-order valence-corrected chi connectivity index (χ4v) is 2.62. The molecule has 5 nitrogen and oxygen atoms in total. The second-order valence-electron chi connectivity index (χ2n) is 6.45. The zero-order valence-electron chi connectivity index (χ0n) is 13.0. The molecule has 0 spiro atoms. The number of H-pyrrole nitrogens is 1. The minimum Gasteiger partial charge on any atom is -0.493 e. The SMILES string of the molecule is CC1(C)CNC(=O)c2nc(CCOc3ccccc3)[nH]c2C1. The third-order valence-electron chi connectivity index (χ3n) is 3.78. The Labute approximate surface area is 130 Å². The molecule has 0 saturated heterocycles. The molecule has 3 rings (SSSR count). The number of aromatic amines is 1. The number of para-hydroxylation sites is 1. The van der Waals surface area contributed by atoms with E-state index in [4.69, 9.17) is 4.74 Å². The van der Waals surface area contributed by atoms with Gasteiger partial charge < -0.3 is 15.0 Å². The molecule has 1 aromatic carbocycles. The standard InChI is InChI=1S/C17H21N3O2/c1-17(2)10-13-15(16(21)18-11-17)20-14(19-13)8-9-22-12-6-4-3-5-7-12/h3-7H,8-11H2,1-2H3,(H,18,21)(H,19,20). The number of nitrogens with one attached hydrogen (secondary N) is 2. The third-order valence-corrected chi connectivity index (χ3v) is 3.78. The molecule has 22 heavy (non-hydrogen) atoms. The highest BCUT2D eigenvalue weighted by Gasteiger charge is 2.29. The van der Waals surface area contributed by atoms with E-state index in [0.717, 1.165) is 23.7 Å². The summed E-state index contributed by atoms with van der Waals surface area (Å²) in [7, 11) is 0. The highest BCUT2D eigenvalue weighted by Crippen LogP contribution is 2.25. The second kappa shape index (κ2) is 5.83. The Balaban J connectivity index is 1.66. The topological polar surface area (TPSA) is 67.0 Å². The minimum absolute atomic E-state index is 0.0330. The van der Waals surface area contributed by atoms with Gasteiger partial charge in [-0.25, -0.2) is 4.98 Å². The summed E-state index contributed by atoms with van der Waals surface area (Å²) < 4.78 is 5.67. The van der Waals surface area contributed by atoms with Gasteiger partial charge in [-0.15, -0.1) is 0 Å². The van der Waals surface area contributed by atoms with Crippen LogP contribution in [0.15, 0.2) is 30.3 Å². The van der Waals surface area contributed by atoms with E-state index in [1.54, 1.807) is 0 Å². The summed E-state index contributed by atoms with van der Waals surface area (Å²) in [6, 6.07) is 9.69. The van der Waals surface area contributed by atoms with Crippen LogP contribution in [-0.4, -0.2) is 29.0 Å². The fraction of sp³-hybridized carbons (Fsp3) is 0.412. The number of rotatable bonds is 4. The first-order valence-corrected chi connectivity index (χ1v) is 7.57. The number of imidazole rings is 1. The van der Waals surface area contributed by atoms with E-state index < -0.39 is 0 Å². The maximum atomic E-state index is 12.1. The Morgan fingerprint density at radius 1 is 1.27 bits per heavy atom. The number of amides is 1. The molecule has 2 aromatic rings. The van der Waals surface area contributed by atoms with E-state index in [1.807, 2.05) is 30.3 Å². The Kier molecular flexibility index (Phi) is 3.88. The van der Waals surface area contributed by atoms with Crippen LogP contribution < -0.4 is 10.1 Å². The molecule has 0 radical (unpaired) electrons. The number of nitrogens with zero attached hydrogens (tertiary/aromatic N) is 1. The zero-order chi connectivity index (χ0) is 15.6. The molecule has 116 valence electrons. The van der Waals surface area contributed by atoms with Gasteiger partial charge in [-0.3, -0.25) is 4.79 Å². The zero-order valence-corrected chi connectivity index (χ0v) is 13.0. The van der Waals surface area contributed by atoms with E-state index in [2.05, 4.69) is 29.1 Å². The lowest BCUT2D eigenvalue weighted by Gasteiger charge is -2.21. The molecule has 5 heteroatoms. The fourth-order valence-electron chi connectivity index (χ4n) is 2.62. The summed E-state index contributed by atoms with van der Waals surface area (Å²) >= 11 is 0. The molecule has 0 aliphatic carbocycles. The van der Waals surface area contributed by atoms with Crippen molar-refractivity contribution in [1.29, 1.82) is 0 Å². The molecule has 2 heterocycles. The van der Waals surface area contributed by atoms with Crippen LogP contribution in [0.5, 0.6) is 5.75 Å². The van der Waals surface area contributed by atoms with E-state index in [9.17, 15) is 4.79 Å². The molecule has 1 aliphatic heterocycles. The summed E-state index contributed by atoms with van der Waals surface area (Å²) in [5, 5.41) is 2.93. The maximum Gasteiger partial charge on any atom is 0.271 e. The van der Waals surface area contributed by atoms with Crippen molar-refractivity contribution in [3.05, 3.63) is 47.5 Å². The number of ether oxygens (including phenoxy) is 1. The van der Waals surface area contributed by atoms with Crippen molar-refractivity contribution in [2.45, 2.75) is 26.7 Å². The van der Waals surface area contributed by atoms with Gasteiger partial charge >= 0.3 is 0 Å². The van der Waals surface area contributed by atoms with Gasteiger partial charge in [0.2, 0.25) is 0 Å². The van der Waals surface area contributed by atoms with Crippen LogP contribution >= 0.6 is 0 Å². The van der Waals surface area contributed by atoms with Crippen LogP contribution in [0.25, 0.3) is 0 Å². The molecule has 0 saturated carbocycles. The Morgan fingerprint density at radius 2 is 2.05 bits per heavy atom. The highest BCUT2D eigenvalue weighted by atomic mass is 16.5. The van der Waals surface area contributed by atoms with Crippen LogP contribution in [-0.2, 0) is 12.8 Å². The van der Waals surface area contributed by atoms with E-state index >= 15 is 0 Å². The second-order valence-corrected chi connectivity index (χ2v) is 6.45. The molecule has 0 fully saturated rings. The Morgan fingerprint density at radius 3 is 2.82 bits per heavy atom. The average molecular weight is 299 g/mol. The number of carbonyl (C=O) groups excluding carboxylic acids is 1. The quantitative estimate of drug-likeness (QED) is 0.910. The molecule has 1 amide bonds. The number of fused-ring (bicyclic) bond motifs is 1. The lowest BCUT2D eigenvalue weighted by atomic mass is 9.88. The van der Waals surface area contributed by atoms with Crippen LogP contribution in [0, 0.1) is 5.41 Å². The monoisotopic (exact) mass is 299 g/mol. The summed E-state index contributed by atoms with van der Waals surface area (Å²) in [4.78, 5) is 19.8. The predicted molar refractivity (Wildman–Crippen MR) is 84.0 cm³/mol. The third kappa shape index (κ3) is 3.30. The Hall–Kier alpha value is -2.30. The first-order valence-electron chi connectivity index (χ1n) is 7.57. The summed E-state index contributed by atoms with van der Waals surface area (Å²) in [5.41, 5.74) is 1.49.